The molecule has 1 aromatic rings. The van der Waals surface area contributed by atoms with Gasteiger partial charge in [-0.25, -0.2) is 4.73 Å². The van der Waals surface area contributed by atoms with Crippen LogP contribution in [0.4, 0.5) is 10.6 Å². The second-order valence-electron chi connectivity index (χ2n) is 5.90. The van der Waals surface area contributed by atoms with Crippen LogP contribution in [0.25, 0.3) is 0 Å². The summed E-state index contributed by atoms with van der Waals surface area (Å²) < 4.78 is 32.3. The normalized spacial score (nSPS) is 12.0. The molecule has 0 atom stereocenters. The number of ether oxygens (including phenoxy) is 1. The minimum absolute atomic E-state index is 0.0800. The van der Waals surface area contributed by atoms with E-state index >= 15 is 0 Å². The fraction of sp³-hybridized carbons (Fsp3) is 0.571. The maximum Gasteiger partial charge on any atom is 0.507 e. The third-order valence-electron chi connectivity index (χ3n) is 2.52. The lowest BCUT2D eigenvalue weighted by Crippen LogP contribution is -2.44. The predicted octanol–water partition coefficient (Wildman–Crippen LogP) is 1.43. The van der Waals surface area contributed by atoms with E-state index in [1.807, 2.05) is 0 Å². The Bertz CT molecular complexity index is 639. The molecule has 0 spiro atoms. The number of amides is 1. The van der Waals surface area contributed by atoms with Crippen LogP contribution in [-0.2, 0) is 19.0 Å². The Labute approximate surface area is 136 Å². The first-order valence-corrected chi connectivity index (χ1v) is 8.84. The van der Waals surface area contributed by atoms with Crippen LogP contribution in [0.3, 0.4) is 0 Å². The summed E-state index contributed by atoms with van der Waals surface area (Å²) in [7, 11) is -3.55. The number of pyridine rings is 1. The van der Waals surface area contributed by atoms with Crippen molar-refractivity contribution in [2.75, 3.05) is 24.3 Å². The Morgan fingerprint density at radius 3 is 2.52 bits per heavy atom. The summed E-state index contributed by atoms with van der Waals surface area (Å²) in [6.45, 7) is 5.13. The van der Waals surface area contributed by atoms with Crippen LogP contribution >= 0.6 is 0 Å². The molecule has 0 N–H and O–H groups in total. The van der Waals surface area contributed by atoms with Crippen molar-refractivity contribution in [1.29, 1.82) is 0 Å². The van der Waals surface area contributed by atoms with Crippen LogP contribution in [-0.4, -0.2) is 39.5 Å². The highest BCUT2D eigenvalue weighted by Crippen LogP contribution is 2.15. The molecule has 0 unspecified atom stereocenters. The molecule has 0 saturated heterocycles. The van der Waals surface area contributed by atoms with Gasteiger partial charge in [-0.15, -0.1) is 0 Å². The minimum Gasteiger partial charge on any atom is -0.711 e. The number of nitrogens with zero attached hydrogens (tertiary/aromatic N) is 2. The molecule has 1 amide bonds. The summed E-state index contributed by atoms with van der Waals surface area (Å²) in [6.07, 6.45) is 1.75. The van der Waals surface area contributed by atoms with E-state index in [1.165, 1.54) is 18.3 Å². The van der Waals surface area contributed by atoms with E-state index in [2.05, 4.69) is 4.18 Å². The smallest absolute Gasteiger partial charge is 0.507 e. The molecule has 1 aromatic heterocycles. The van der Waals surface area contributed by atoms with Crippen LogP contribution in [0.15, 0.2) is 24.4 Å². The second kappa shape index (κ2) is 7.60. The lowest BCUT2D eigenvalue weighted by molar-refractivity contribution is -0.591. The zero-order valence-corrected chi connectivity index (χ0v) is 14.5. The first-order valence-electron chi connectivity index (χ1n) is 7.03. The highest BCUT2D eigenvalue weighted by atomic mass is 32.2. The Balaban J connectivity index is 2.85. The average molecular weight is 346 g/mol. The predicted molar refractivity (Wildman–Crippen MR) is 84.4 cm³/mol. The van der Waals surface area contributed by atoms with Gasteiger partial charge < -0.3 is 9.94 Å². The van der Waals surface area contributed by atoms with Crippen molar-refractivity contribution < 1.29 is 26.9 Å². The number of carbonyl (C=O) groups excluding carboxylic acids is 1. The molecule has 0 aliphatic rings. The molecule has 1 heterocycles. The molecule has 0 fully saturated rings. The highest BCUT2D eigenvalue weighted by molar-refractivity contribution is 7.85. The maximum atomic E-state index is 12.3. The number of hydrogen-bond acceptors (Lipinski definition) is 6. The third-order valence-corrected chi connectivity index (χ3v) is 3.11. The molecule has 0 bridgehead atoms. The van der Waals surface area contributed by atoms with E-state index < -0.39 is 21.8 Å². The molecule has 1 rings (SSSR count). The molecular formula is C14H22N2O6S. The molecule has 0 aliphatic heterocycles. The number of hydrogen-bond donors (Lipinski definition) is 0. The van der Waals surface area contributed by atoms with Gasteiger partial charge in [0.15, 0.2) is 0 Å². The van der Waals surface area contributed by atoms with E-state index in [1.54, 1.807) is 26.8 Å². The van der Waals surface area contributed by atoms with Crippen molar-refractivity contribution in [2.24, 2.45) is 0 Å². The quantitative estimate of drug-likeness (QED) is 0.334. The zero-order valence-electron chi connectivity index (χ0n) is 13.7. The number of carbonyl (C=O) groups is 1. The van der Waals surface area contributed by atoms with Crippen molar-refractivity contribution in [1.82, 2.24) is 0 Å². The third kappa shape index (κ3) is 7.29. The number of anilines is 1. The van der Waals surface area contributed by atoms with Crippen LogP contribution in [0.1, 0.15) is 27.2 Å². The van der Waals surface area contributed by atoms with E-state index in [0.29, 0.717) is 4.73 Å². The Morgan fingerprint density at radius 1 is 1.35 bits per heavy atom. The molecule has 9 heteroatoms. The van der Waals surface area contributed by atoms with Crippen molar-refractivity contribution in [3.05, 3.63) is 29.6 Å². The van der Waals surface area contributed by atoms with Gasteiger partial charge in [-0.3, -0.25) is 4.18 Å². The Kier molecular flexibility index (Phi) is 6.34. The van der Waals surface area contributed by atoms with E-state index in [0.717, 1.165) is 11.2 Å². The molecule has 0 aromatic carbocycles. The van der Waals surface area contributed by atoms with Crippen LogP contribution in [0.5, 0.6) is 0 Å². The Hall–Kier alpha value is -1.87. The van der Waals surface area contributed by atoms with Gasteiger partial charge in [-0.2, -0.15) is 18.1 Å². The summed E-state index contributed by atoms with van der Waals surface area (Å²) in [5, 5.41) is 11.9. The van der Waals surface area contributed by atoms with Crippen LogP contribution in [0, 0.1) is 5.21 Å². The minimum atomic E-state index is -3.55. The van der Waals surface area contributed by atoms with Gasteiger partial charge in [0.1, 0.15) is 5.60 Å². The first-order chi connectivity index (χ1) is 10.5. The summed E-state index contributed by atoms with van der Waals surface area (Å²) in [5.41, 5.74) is -0.721. The second-order valence-corrected chi connectivity index (χ2v) is 7.54. The van der Waals surface area contributed by atoms with Gasteiger partial charge >= 0.3 is 6.09 Å². The van der Waals surface area contributed by atoms with Gasteiger partial charge in [0, 0.05) is 12.5 Å². The van der Waals surface area contributed by atoms with Crippen LogP contribution in [0.2, 0.25) is 0 Å². The average Bonchev–Trinajstić information content (AvgIpc) is 2.36. The summed E-state index contributed by atoms with van der Waals surface area (Å²) >= 11 is 0. The van der Waals surface area contributed by atoms with Gasteiger partial charge in [0.2, 0.25) is 0 Å². The first kappa shape index (κ1) is 19.2. The molecule has 0 saturated carbocycles. The molecule has 8 nitrogen and oxygen atoms in total. The number of rotatable bonds is 6. The Morgan fingerprint density at radius 2 is 2.00 bits per heavy atom. The van der Waals surface area contributed by atoms with Gasteiger partial charge in [-0.05, 0) is 26.8 Å². The highest BCUT2D eigenvalue weighted by Gasteiger charge is 2.30. The molecular weight excluding hydrogens is 324 g/mol. The zero-order chi connectivity index (χ0) is 17.7. The van der Waals surface area contributed by atoms with Gasteiger partial charge in [0.05, 0.1) is 25.6 Å². The van der Waals surface area contributed by atoms with E-state index in [9.17, 15) is 18.4 Å². The summed E-state index contributed by atoms with van der Waals surface area (Å²) in [5.74, 6) is 0.0982. The lowest BCUT2D eigenvalue weighted by atomic mass is 10.2. The monoisotopic (exact) mass is 346 g/mol. The topological polar surface area (TPSA) is 99.8 Å². The van der Waals surface area contributed by atoms with Crippen LogP contribution < -0.4 is 9.63 Å². The number of aromatic nitrogens is 1. The van der Waals surface area contributed by atoms with Gasteiger partial charge in [0.25, 0.3) is 15.9 Å². The largest absolute Gasteiger partial charge is 0.711 e. The van der Waals surface area contributed by atoms with Crippen molar-refractivity contribution in [2.45, 2.75) is 32.8 Å². The lowest BCUT2D eigenvalue weighted by Gasteiger charge is -2.23. The van der Waals surface area contributed by atoms with Crippen molar-refractivity contribution in [3.8, 4) is 0 Å². The summed E-state index contributed by atoms with van der Waals surface area (Å²) in [6, 6.07) is 4.64. The maximum absolute atomic E-state index is 12.3. The fourth-order valence-corrected chi connectivity index (χ4v) is 2.10. The molecule has 0 aliphatic carbocycles. The van der Waals surface area contributed by atoms with Gasteiger partial charge in [-0.1, -0.05) is 6.07 Å². The summed E-state index contributed by atoms with van der Waals surface area (Å²) in [4.78, 5) is 13.5. The molecule has 0 radical (unpaired) electrons. The fourth-order valence-electron chi connectivity index (χ4n) is 1.68. The standard InChI is InChI=1S/C14H22N2O6S/c1-14(2,3)22-13(17)15(9-7-11-21-23(4,19)20)12-8-5-6-10-16(12)18/h5-6,8,10H,7,9,11H2,1-4H3. The van der Waals surface area contributed by atoms with E-state index in [4.69, 9.17) is 4.74 Å². The van der Waals surface area contributed by atoms with Crippen molar-refractivity contribution in [3.63, 3.8) is 0 Å². The molecule has 130 valence electrons. The SMILES string of the molecule is CC(C)(C)OC(=O)N(CCCOS(C)(=O)=O)c1cccc[n+]1[O-]. The van der Waals surface area contributed by atoms with Crippen molar-refractivity contribution >= 4 is 22.0 Å². The molecule has 23 heavy (non-hydrogen) atoms. The van der Waals surface area contributed by atoms with E-state index in [-0.39, 0.29) is 25.4 Å².